The molecule has 0 atom stereocenters. The van der Waals surface area contributed by atoms with Gasteiger partial charge in [-0.3, -0.25) is 0 Å². The van der Waals surface area contributed by atoms with Crippen LogP contribution < -0.4 is 5.32 Å². The number of halogens is 3. The Morgan fingerprint density at radius 1 is 1.10 bits per heavy atom. The zero-order chi connectivity index (χ0) is 13.9. The van der Waals surface area contributed by atoms with Crippen LogP contribution in [0.2, 0.25) is 10.0 Å². The van der Waals surface area contributed by atoms with Crippen molar-refractivity contribution < 1.29 is 8.42 Å². The Balaban J connectivity index is 0.00000200. The zero-order valence-electron chi connectivity index (χ0n) is 10.8. The van der Waals surface area contributed by atoms with E-state index in [1.165, 1.54) is 4.31 Å². The van der Waals surface area contributed by atoms with Gasteiger partial charge in [0.25, 0.3) is 0 Å². The maximum absolute atomic E-state index is 12.3. The first-order valence-corrected chi connectivity index (χ1v) is 8.47. The molecule has 1 saturated heterocycles. The van der Waals surface area contributed by atoms with Crippen LogP contribution in [0, 0.1) is 0 Å². The highest BCUT2D eigenvalue weighted by Crippen LogP contribution is 2.21. The van der Waals surface area contributed by atoms with Crippen molar-refractivity contribution in [1.29, 1.82) is 0 Å². The molecule has 0 spiro atoms. The third kappa shape index (κ3) is 5.06. The molecule has 114 valence electrons. The molecule has 1 N–H and O–H groups in total. The standard InChI is InChI=1S/C12H16Cl2N2O2S.ClH/c13-11-6-10(7-12(14)8-11)9-19(17,18)16-4-1-2-15-3-5-16;/h6-8,15H,1-5,9H2;1H. The molecule has 1 aliphatic heterocycles. The highest BCUT2D eigenvalue weighted by atomic mass is 35.5. The second kappa shape index (κ2) is 7.82. The predicted octanol–water partition coefficient (Wildman–Crippen LogP) is 2.54. The number of nitrogens with one attached hydrogen (secondary N) is 1. The normalized spacial score (nSPS) is 17.3. The van der Waals surface area contributed by atoms with Crippen molar-refractivity contribution in [1.82, 2.24) is 9.62 Å². The van der Waals surface area contributed by atoms with E-state index in [9.17, 15) is 8.42 Å². The third-order valence-corrected chi connectivity index (χ3v) is 5.25. The zero-order valence-corrected chi connectivity index (χ0v) is 14.0. The van der Waals surface area contributed by atoms with Crippen LogP contribution >= 0.6 is 35.6 Å². The summed E-state index contributed by atoms with van der Waals surface area (Å²) in [5, 5.41) is 4.09. The second-order valence-electron chi connectivity index (χ2n) is 4.54. The molecule has 1 aliphatic rings. The van der Waals surface area contributed by atoms with Gasteiger partial charge in [0.2, 0.25) is 10.0 Å². The molecule has 0 unspecified atom stereocenters. The fourth-order valence-corrected chi connectivity index (χ4v) is 4.21. The number of sulfonamides is 1. The molecule has 1 aromatic rings. The molecule has 1 heterocycles. The Hall–Kier alpha value is -0.0400. The molecule has 0 aromatic heterocycles. The Kier molecular flexibility index (Phi) is 7.04. The summed E-state index contributed by atoms with van der Waals surface area (Å²) >= 11 is 11.8. The van der Waals surface area contributed by atoms with Gasteiger partial charge in [-0.05, 0) is 36.7 Å². The fourth-order valence-electron chi connectivity index (χ4n) is 2.10. The Bertz CT molecular complexity index is 523. The summed E-state index contributed by atoms with van der Waals surface area (Å²) in [6.07, 6.45) is 0.829. The van der Waals surface area contributed by atoms with E-state index >= 15 is 0 Å². The van der Waals surface area contributed by atoms with Gasteiger partial charge in [0.05, 0.1) is 5.75 Å². The van der Waals surface area contributed by atoms with Crippen molar-refractivity contribution in [2.75, 3.05) is 26.2 Å². The predicted molar refractivity (Wildman–Crippen MR) is 85.4 cm³/mol. The maximum Gasteiger partial charge on any atom is 0.218 e. The lowest BCUT2D eigenvalue weighted by molar-refractivity contribution is 0.431. The topological polar surface area (TPSA) is 49.4 Å². The minimum atomic E-state index is -3.32. The number of nitrogens with zero attached hydrogens (tertiary/aromatic N) is 1. The van der Waals surface area contributed by atoms with Crippen molar-refractivity contribution >= 4 is 45.6 Å². The SMILES string of the molecule is Cl.O=S(=O)(Cc1cc(Cl)cc(Cl)c1)N1CCCNCC1. The number of benzene rings is 1. The molecule has 1 aromatic carbocycles. The van der Waals surface area contributed by atoms with Gasteiger partial charge in [0.15, 0.2) is 0 Å². The van der Waals surface area contributed by atoms with Crippen molar-refractivity contribution in [3.63, 3.8) is 0 Å². The molecule has 0 bridgehead atoms. The Labute approximate surface area is 135 Å². The first kappa shape index (κ1) is 18.0. The van der Waals surface area contributed by atoms with Crippen LogP contribution in [-0.4, -0.2) is 38.9 Å². The average Bonchev–Trinajstić information content (AvgIpc) is 2.55. The molecule has 20 heavy (non-hydrogen) atoms. The summed E-state index contributed by atoms with van der Waals surface area (Å²) in [6, 6.07) is 4.87. The van der Waals surface area contributed by atoms with Gasteiger partial charge >= 0.3 is 0 Å². The van der Waals surface area contributed by atoms with Crippen LogP contribution in [0.5, 0.6) is 0 Å². The third-order valence-electron chi connectivity index (χ3n) is 2.96. The first-order valence-electron chi connectivity index (χ1n) is 6.11. The van der Waals surface area contributed by atoms with Gasteiger partial charge in [-0.2, -0.15) is 0 Å². The van der Waals surface area contributed by atoms with E-state index in [1.54, 1.807) is 18.2 Å². The van der Waals surface area contributed by atoms with E-state index in [-0.39, 0.29) is 18.2 Å². The quantitative estimate of drug-likeness (QED) is 0.902. The van der Waals surface area contributed by atoms with Crippen LogP contribution in [0.25, 0.3) is 0 Å². The molecule has 0 radical (unpaired) electrons. The molecule has 1 fully saturated rings. The van der Waals surface area contributed by atoms with E-state index in [0.717, 1.165) is 13.0 Å². The largest absolute Gasteiger partial charge is 0.315 e. The van der Waals surface area contributed by atoms with Gasteiger partial charge in [-0.15, -0.1) is 12.4 Å². The highest BCUT2D eigenvalue weighted by molar-refractivity contribution is 7.88. The lowest BCUT2D eigenvalue weighted by atomic mass is 10.2. The molecular formula is C12H17Cl3N2O2S. The molecule has 4 nitrogen and oxygen atoms in total. The summed E-state index contributed by atoms with van der Waals surface area (Å²) < 4.78 is 26.2. The number of hydrogen-bond donors (Lipinski definition) is 1. The van der Waals surface area contributed by atoms with Crippen molar-refractivity contribution in [3.8, 4) is 0 Å². The van der Waals surface area contributed by atoms with E-state index in [0.29, 0.717) is 35.2 Å². The van der Waals surface area contributed by atoms with Crippen LogP contribution in [0.3, 0.4) is 0 Å². The van der Waals surface area contributed by atoms with Crippen LogP contribution in [-0.2, 0) is 15.8 Å². The molecule has 0 amide bonds. The van der Waals surface area contributed by atoms with E-state index in [4.69, 9.17) is 23.2 Å². The molecular weight excluding hydrogens is 343 g/mol. The monoisotopic (exact) mass is 358 g/mol. The fraction of sp³-hybridized carbons (Fsp3) is 0.500. The summed E-state index contributed by atoms with van der Waals surface area (Å²) in [5.74, 6) is -0.0622. The Morgan fingerprint density at radius 2 is 1.75 bits per heavy atom. The lowest BCUT2D eigenvalue weighted by Gasteiger charge is -2.19. The van der Waals surface area contributed by atoms with Crippen LogP contribution in [0.1, 0.15) is 12.0 Å². The molecule has 0 saturated carbocycles. The van der Waals surface area contributed by atoms with E-state index < -0.39 is 10.0 Å². The first-order chi connectivity index (χ1) is 8.97. The van der Waals surface area contributed by atoms with Crippen molar-refractivity contribution in [2.24, 2.45) is 0 Å². The maximum atomic E-state index is 12.3. The molecule has 2 rings (SSSR count). The summed E-state index contributed by atoms with van der Waals surface area (Å²) in [6.45, 7) is 2.62. The van der Waals surface area contributed by atoms with Gasteiger partial charge in [0, 0.05) is 29.7 Å². The van der Waals surface area contributed by atoms with E-state index in [2.05, 4.69) is 5.32 Å². The summed E-state index contributed by atoms with van der Waals surface area (Å²) in [5.41, 5.74) is 0.620. The van der Waals surface area contributed by atoms with Crippen LogP contribution in [0.4, 0.5) is 0 Å². The summed E-state index contributed by atoms with van der Waals surface area (Å²) in [4.78, 5) is 0. The number of hydrogen-bond acceptors (Lipinski definition) is 3. The average molecular weight is 360 g/mol. The smallest absolute Gasteiger partial charge is 0.218 e. The van der Waals surface area contributed by atoms with Crippen LogP contribution in [0.15, 0.2) is 18.2 Å². The number of rotatable bonds is 3. The minimum Gasteiger partial charge on any atom is -0.315 e. The van der Waals surface area contributed by atoms with Crippen molar-refractivity contribution in [2.45, 2.75) is 12.2 Å². The van der Waals surface area contributed by atoms with Gasteiger partial charge in [-0.1, -0.05) is 23.2 Å². The molecule has 8 heteroatoms. The van der Waals surface area contributed by atoms with Gasteiger partial charge < -0.3 is 5.32 Å². The van der Waals surface area contributed by atoms with Gasteiger partial charge in [-0.25, -0.2) is 12.7 Å². The minimum absolute atomic E-state index is 0. The van der Waals surface area contributed by atoms with Gasteiger partial charge in [0.1, 0.15) is 0 Å². The summed E-state index contributed by atoms with van der Waals surface area (Å²) in [7, 11) is -3.32. The van der Waals surface area contributed by atoms with Crippen molar-refractivity contribution in [3.05, 3.63) is 33.8 Å². The Morgan fingerprint density at radius 3 is 2.40 bits per heavy atom. The second-order valence-corrected chi connectivity index (χ2v) is 7.38. The molecule has 0 aliphatic carbocycles. The highest BCUT2D eigenvalue weighted by Gasteiger charge is 2.23. The lowest BCUT2D eigenvalue weighted by Crippen LogP contribution is -2.35. The van der Waals surface area contributed by atoms with E-state index in [1.807, 2.05) is 0 Å².